The molecule has 3 aromatic rings. The first-order chi connectivity index (χ1) is 20.6. The van der Waals surface area contributed by atoms with Gasteiger partial charge in [0.1, 0.15) is 5.78 Å². The molecular weight excluding hydrogens is 552 g/mol. The second-order valence-corrected chi connectivity index (χ2v) is 16.9. The largest absolute Gasteiger partial charge is 0.466 e. The van der Waals surface area contributed by atoms with Crippen LogP contribution in [0.1, 0.15) is 66.4 Å². The predicted octanol–water partition coefficient (Wildman–Crippen LogP) is 6.97. The molecule has 0 unspecified atom stereocenters. The summed E-state index contributed by atoms with van der Waals surface area (Å²) in [6, 6.07) is 31.0. The third kappa shape index (κ3) is 9.46. The summed E-state index contributed by atoms with van der Waals surface area (Å²) in [5.74, 6) is -0.914. The minimum Gasteiger partial charge on any atom is -0.466 e. The molecule has 0 saturated heterocycles. The van der Waals surface area contributed by atoms with Gasteiger partial charge in [0, 0.05) is 26.1 Å². The monoisotopic (exact) mass is 602 g/mol. The maximum Gasteiger partial charge on any atom is 0.309 e. The lowest BCUT2D eigenvalue weighted by molar-refractivity contribution is -0.153. The molecule has 232 valence electrons. The van der Waals surface area contributed by atoms with Crippen LogP contribution in [0.2, 0.25) is 5.04 Å². The van der Waals surface area contributed by atoms with Crippen LogP contribution in [-0.4, -0.2) is 39.9 Å². The Labute approximate surface area is 260 Å². The Bertz CT molecular complexity index is 1200. The summed E-state index contributed by atoms with van der Waals surface area (Å²) in [6.45, 7) is 14.4. The summed E-state index contributed by atoms with van der Waals surface area (Å²) in [6.07, 6.45) is 1.13. The second-order valence-electron chi connectivity index (χ2n) is 12.6. The minimum atomic E-state index is -2.81. The molecule has 6 heteroatoms. The highest BCUT2D eigenvalue weighted by atomic mass is 28.4. The average Bonchev–Trinajstić information content (AvgIpc) is 2.99. The summed E-state index contributed by atoms with van der Waals surface area (Å²) in [5.41, 5.74) is 1.11. The second kappa shape index (κ2) is 16.7. The lowest BCUT2D eigenvalue weighted by Gasteiger charge is -2.44. The Morgan fingerprint density at radius 2 is 1.35 bits per heavy atom. The molecule has 0 aromatic heterocycles. The van der Waals surface area contributed by atoms with Gasteiger partial charge in [-0.1, -0.05) is 126 Å². The molecule has 0 saturated carbocycles. The first-order valence-electron chi connectivity index (χ1n) is 15.6. The third-order valence-corrected chi connectivity index (χ3v) is 13.2. The molecule has 3 rings (SSSR count). The quantitative estimate of drug-likeness (QED) is 0.0949. The zero-order valence-corrected chi connectivity index (χ0v) is 27.9. The van der Waals surface area contributed by atoms with E-state index in [0.29, 0.717) is 32.7 Å². The van der Waals surface area contributed by atoms with Crippen LogP contribution >= 0.6 is 0 Å². The maximum absolute atomic E-state index is 13.4. The molecule has 0 aliphatic rings. The lowest BCUT2D eigenvalue weighted by Crippen LogP contribution is -2.67. The van der Waals surface area contributed by atoms with Gasteiger partial charge in [-0.05, 0) is 46.2 Å². The first kappa shape index (κ1) is 34.4. The maximum atomic E-state index is 13.4. The van der Waals surface area contributed by atoms with Gasteiger partial charge in [-0.15, -0.1) is 0 Å². The number of esters is 1. The number of carbonyl (C=O) groups excluding carboxylic acids is 2. The number of ketones is 1. The smallest absolute Gasteiger partial charge is 0.309 e. The molecule has 0 aliphatic heterocycles. The van der Waals surface area contributed by atoms with Crippen molar-refractivity contribution in [3.63, 3.8) is 0 Å². The van der Waals surface area contributed by atoms with Crippen molar-refractivity contribution in [2.75, 3.05) is 19.8 Å². The van der Waals surface area contributed by atoms with Gasteiger partial charge in [-0.25, -0.2) is 0 Å². The summed E-state index contributed by atoms with van der Waals surface area (Å²) >= 11 is 0. The van der Waals surface area contributed by atoms with Crippen molar-refractivity contribution in [3.05, 3.63) is 96.6 Å². The van der Waals surface area contributed by atoms with Crippen molar-refractivity contribution in [2.45, 2.75) is 72.5 Å². The van der Waals surface area contributed by atoms with Crippen molar-refractivity contribution in [1.82, 2.24) is 0 Å². The summed E-state index contributed by atoms with van der Waals surface area (Å²) < 4.78 is 18.6. The number of hydrogen-bond acceptors (Lipinski definition) is 5. The third-order valence-electron chi connectivity index (χ3n) is 8.18. The van der Waals surface area contributed by atoms with Gasteiger partial charge in [-0.2, -0.15) is 0 Å². The van der Waals surface area contributed by atoms with Gasteiger partial charge in [0.2, 0.25) is 0 Å². The zero-order chi connectivity index (χ0) is 31.3. The number of hydrogen-bond donors (Lipinski definition) is 0. The number of ether oxygens (including phenoxy) is 2. The van der Waals surface area contributed by atoms with Crippen molar-refractivity contribution in [1.29, 1.82) is 0 Å². The fraction of sp³-hybridized carbons (Fsp3) is 0.459. The lowest BCUT2D eigenvalue weighted by atomic mass is 9.80. The van der Waals surface area contributed by atoms with Gasteiger partial charge in [0.05, 0.1) is 19.1 Å². The Morgan fingerprint density at radius 3 is 1.84 bits per heavy atom. The number of carbonyl (C=O) groups is 2. The summed E-state index contributed by atoms with van der Waals surface area (Å²) in [5, 5.41) is 2.19. The SMILES string of the molecule is CCOC(=O)[C@@H](CC(=O)CCCOCc1ccccc1)[C@H](CO[Si](c1ccccc1)(c1ccccc1)C(C)(C)C)C(C)C. The Kier molecular flexibility index (Phi) is 13.4. The molecule has 2 atom stereocenters. The molecule has 0 aliphatic carbocycles. The first-order valence-corrected chi connectivity index (χ1v) is 17.6. The molecule has 0 amide bonds. The van der Waals surface area contributed by atoms with Gasteiger partial charge in [0.25, 0.3) is 8.32 Å². The predicted molar refractivity (Wildman–Crippen MR) is 177 cm³/mol. The Balaban J connectivity index is 1.80. The molecule has 43 heavy (non-hydrogen) atoms. The average molecular weight is 603 g/mol. The van der Waals surface area contributed by atoms with E-state index < -0.39 is 14.2 Å². The minimum absolute atomic E-state index is 0.0532. The van der Waals surface area contributed by atoms with E-state index in [-0.39, 0.29) is 41.7 Å². The van der Waals surface area contributed by atoms with Crippen LogP contribution in [0.3, 0.4) is 0 Å². The molecule has 0 fully saturated rings. The van der Waals surface area contributed by atoms with E-state index in [2.05, 4.69) is 83.1 Å². The van der Waals surface area contributed by atoms with Crippen molar-refractivity contribution in [3.8, 4) is 0 Å². The van der Waals surface area contributed by atoms with Gasteiger partial charge >= 0.3 is 5.97 Å². The summed E-state index contributed by atoms with van der Waals surface area (Å²) in [7, 11) is -2.81. The van der Waals surface area contributed by atoms with E-state index in [1.165, 1.54) is 10.4 Å². The van der Waals surface area contributed by atoms with Crippen LogP contribution in [0.4, 0.5) is 0 Å². The Hall–Kier alpha value is -3.06. The molecule has 0 radical (unpaired) electrons. The van der Waals surface area contributed by atoms with Crippen LogP contribution < -0.4 is 10.4 Å². The van der Waals surface area contributed by atoms with Crippen LogP contribution in [0.15, 0.2) is 91.0 Å². The topological polar surface area (TPSA) is 61.8 Å². The van der Waals surface area contributed by atoms with Crippen LogP contribution in [0, 0.1) is 17.8 Å². The van der Waals surface area contributed by atoms with E-state index >= 15 is 0 Å². The normalized spacial score (nSPS) is 13.5. The fourth-order valence-electron chi connectivity index (χ4n) is 5.90. The van der Waals surface area contributed by atoms with E-state index in [1.54, 1.807) is 0 Å². The standard InChI is InChI=1S/C37H50O5Si/c1-7-41-36(39)34(26-31(38)20-17-25-40-27-30-18-11-8-12-19-30)35(29(2)3)28-42-43(37(4,5)6,32-21-13-9-14-22-32)33-23-15-10-16-24-33/h8-16,18-19,21-24,29,34-35H,7,17,20,25-28H2,1-6H3/t34-,35+/m0/s1. The van der Waals surface area contributed by atoms with Crippen LogP contribution in [0.25, 0.3) is 0 Å². The van der Waals surface area contributed by atoms with Gasteiger partial charge < -0.3 is 13.9 Å². The summed E-state index contributed by atoms with van der Waals surface area (Å²) in [4.78, 5) is 26.6. The van der Waals surface area contributed by atoms with Crippen molar-refractivity contribution in [2.24, 2.45) is 17.8 Å². The van der Waals surface area contributed by atoms with E-state index in [4.69, 9.17) is 13.9 Å². The molecular formula is C37H50O5Si. The van der Waals surface area contributed by atoms with Gasteiger partial charge in [0.15, 0.2) is 0 Å². The molecule has 0 bridgehead atoms. The molecule has 0 spiro atoms. The molecule has 0 N–H and O–H groups in total. The number of rotatable bonds is 17. The van der Waals surface area contributed by atoms with Crippen LogP contribution in [-0.2, 0) is 30.1 Å². The fourth-order valence-corrected chi connectivity index (χ4v) is 10.5. The van der Waals surface area contributed by atoms with E-state index in [0.717, 1.165) is 5.56 Å². The van der Waals surface area contributed by atoms with Crippen LogP contribution in [0.5, 0.6) is 0 Å². The van der Waals surface area contributed by atoms with Gasteiger partial charge in [-0.3, -0.25) is 9.59 Å². The van der Waals surface area contributed by atoms with E-state index in [1.807, 2.05) is 49.4 Å². The zero-order valence-electron chi connectivity index (χ0n) is 26.9. The number of benzene rings is 3. The van der Waals surface area contributed by atoms with E-state index in [9.17, 15) is 9.59 Å². The highest BCUT2D eigenvalue weighted by Gasteiger charge is 2.51. The molecule has 0 heterocycles. The highest BCUT2D eigenvalue weighted by Crippen LogP contribution is 2.38. The van der Waals surface area contributed by atoms with Crippen molar-refractivity contribution >= 4 is 30.4 Å². The molecule has 3 aromatic carbocycles. The number of Topliss-reactive ketones (excluding diaryl/α,β-unsaturated/α-hetero) is 1. The highest BCUT2D eigenvalue weighted by molar-refractivity contribution is 6.99. The van der Waals surface area contributed by atoms with Crippen molar-refractivity contribution < 1.29 is 23.5 Å². The molecule has 5 nitrogen and oxygen atoms in total. The Morgan fingerprint density at radius 1 is 0.814 bits per heavy atom.